The topological polar surface area (TPSA) is 28.2 Å². The van der Waals surface area contributed by atoms with Crippen molar-refractivity contribution < 1.29 is 0 Å². The molecule has 0 amide bonds. The summed E-state index contributed by atoms with van der Waals surface area (Å²) < 4.78 is 0. The lowest BCUT2D eigenvalue weighted by atomic mass is 9.90. The van der Waals surface area contributed by atoms with E-state index >= 15 is 0 Å². The van der Waals surface area contributed by atoms with Gasteiger partial charge in [-0.25, -0.2) is 0 Å². The van der Waals surface area contributed by atoms with E-state index in [4.69, 9.17) is 0 Å². The highest BCUT2D eigenvalue weighted by Gasteiger charge is 2.24. The predicted octanol–water partition coefficient (Wildman–Crippen LogP) is 2.85. The fraction of sp³-hybridized carbons (Fsp3) is 0.688. The second-order valence-corrected chi connectivity index (χ2v) is 5.70. The van der Waals surface area contributed by atoms with E-state index in [9.17, 15) is 0 Å². The van der Waals surface area contributed by atoms with Crippen molar-refractivity contribution in [2.75, 3.05) is 19.6 Å². The molecule has 1 aromatic heterocycles. The summed E-state index contributed by atoms with van der Waals surface area (Å²) in [5, 5.41) is 3.72. The highest BCUT2D eigenvalue weighted by Crippen LogP contribution is 2.22. The number of rotatable bonds is 5. The fourth-order valence-electron chi connectivity index (χ4n) is 3.02. The zero-order valence-electron chi connectivity index (χ0n) is 12.5. The van der Waals surface area contributed by atoms with Crippen molar-refractivity contribution in [3.8, 4) is 0 Å². The van der Waals surface area contributed by atoms with Gasteiger partial charge < -0.3 is 10.2 Å². The Morgan fingerprint density at radius 1 is 1.32 bits per heavy atom. The van der Waals surface area contributed by atoms with E-state index in [0.29, 0.717) is 12.1 Å². The van der Waals surface area contributed by atoms with E-state index < -0.39 is 0 Å². The number of nitrogens with zero attached hydrogens (tertiary/aromatic N) is 2. The molecular formula is C16H27N3. The second kappa shape index (κ2) is 7.01. The van der Waals surface area contributed by atoms with E-state index in [1.54, 1.807) is 0 Å². The van der Waals surface area contributed by atoms with Gasteiger partial charge in [0.1, 0.15) is 0 Å². The molecule has 3 nitrogen and oxygen atoms in total. The van der Waals surface area contributed by atoms with Crippen molar-refractivity contribution in [3.05, 3.63) is 30.1 Å². The molecule has 2 heterocycles. The third-order valence-corrected chi connectivity index (χ3v) is 4.43. The van der Waals surface area contributed by atoms with Crippen LogP contribution in [0.3, 0.4) is 0 Å². The van der Waals surface area contributed by atoms with Crippen LogP contribution in [0.2, 0.25) is 0 Å². The molecule has 3 heteroatoms. The standard InChI is InChI=1S/C16H27N3/c1-4-19-11-8-15(9-12-19)13(2)18-14(3)16-7-5-6-10-17-16/h5-7,10,13-15,18H,4,8-9,11-12H2,1-3H3. The highest BCUT2D eigenvalue weighted by atomic mass is 15.1. The van der Waals surface area contributed by atoms with Gasteiger partial charge in [-0.1, -0.05) is 13.0 Å². The summed E-state index contributed by atoms with van der Waals surface area (Å²) in [4.78, 5) is 6.98. The molecule has 0 aromatic carbocycles. The molecule has 106 valence electrons. The van der Waals surface area contributed by atoms with Gasteiger partial charge in [0.15, 0.2) is 0 Å². The summed E-state index contributed by atoms with van der Waals surface area (Å²) in [7, 11) is 0. The van der Waals surface area contributed by atoms with Crippen molar-refractivity contribution in [1.82, 2.24) is 15.2 Å². The van der Waals surface area contributed by atoms with E-state index in [1.165, 1.54) is 32.5 Å². The smallest absolute Gasteiger partial charge is 0.0570 e. The van der Waals surface area contributed by atoms with Gasteiger partial charge in [-0.3, -0.25) is 4.98 Å². The zero-order valence-corrected chi connectivity index (χ0v) is 12.5. The number of pyridine rings is 1. The largest absolute Gasteiger partial charge is 0.306 e. The highest BCUT2D eigenvalue weighted by molar-refractivity contribution is 5.07. The SMILES string of the molecule is CCN1CCC(C(C)NC(C)c2ccccn2)CC1. The van der Waals surface area contributed by atoms with Crippen LogP contribution < -0.4 is 5.32 Å². The van der Waals surface area contributed by atoms with E-state index in [2.05, 4.69) is 48.1 Å². The first-order valence-corrected chi connectivity index (χ1v) is 7.60. The van der Waals surface area contributed by atoms with Gasteiger partial charge >= 0.3 is 0 Å². The zero-order chi connectivity index (χ0) is 13.7. The average molecular weight is 261 g/mol. The van der Waals surface area contributed by atoms with Gasteiger partial charge in [0.05, 0.1) is 5.69 Å². The Morgan fingerprint density at radius 3 is 2.63 bits per heavy atom. The molecule has 0 saturated carbocycles. The van der Waals surface area contributed by atoms with E-state index in [-0.39, 0.29) is 0 Å². The Balaban J connectivity index is 1.83. The molecule has 1 aliphatic heterocycles. The van der Waals surface area contributed by atoms with E-state index in [0.717, 1.165) is 11.6 Å². The first-order valence-electron chi connectivity index (χ1n) is 7.60. The van der Waals surface area contributed by atoms with Gasteiger partial charge in [-0.05, 0) is 64.4 Å². The third-order valence-electron chi connectivity index (χ3n) is 4.43. The molecule has 0 radical (unpaired) electrons. The molecule has 1 aliphatic rings. The molecule has 1 N–H and O–H groups in total. The lowest BCUT2D eigenvalue weighted by Gasteiger charge is -2.35. The van der Waals surface area contributed by atoms with Crippen molar-refractivity contribution in [3.63, 3.8) is 0 Å². The average Bonchev–Trinajstić information content (AvgIpc) is 2.48. The van der Waals surface area contributed by atoms with Crippen LogP contribution in [-0.2, 0) is 0 Å². The van der Waals surface area contributed by atoms with Crippen LogP contribution in [0.25, 0.3) is 0 Å². The van der Waals surface area contributed by atoms with Crippen molar-refractivity contribution in [2.45, 2.75) is 45.7 Å². The second-order valence-electron chi connectivity index (χ2n) is 5.70. The van der Waals surface area contributed by atoms with Crippen LogP contribution in [0.1, 0.15) is 45.3 Å². The lowest BCUT2D eigenvalue weighted by molar-refractivity contribution is 0.165. The summed E-state index contributed by atoms with van der Waals surface area (Å²) in [6.45, 7) is 10.5. The number of nitrogens with one attached hydrogen (secondary N) is 1. The summed E-state index contributed by atoms with van der Waals surface area (Å²) >= 11 is 0. The van der Waals surface area contributed by atoms with Crippen LogP contribution in [0, 0.1) is 5.92 Å². The molecule has 1 aromatic rings. The normalized spacial score (nSPS) is 21.2. The van der Waals surface area contributed by atoms with Crippen LogP contribution in [0.15, 0.2) is 24.4 Å². The molecule has 0 spiro atoms. The Kier molecular flexibility index (Phi) is 5.34. The van der Waals surface area contributed by atoms with Crippen LogP contribution >= 0.6 is 0 Å². The van der Waals surface area contributed by atoms with Gasteiger partial charge in [0.25, 0.3) is 0 Å². The first-order chi connectivity index (χ1) is 9.20. The van der Waals surface area contributed by atoms with Gasteiger partial charge in [-0.2, -0.15) is 0 Å². The molecule has 0 bridgehead atoms. The summed E-state index contributed by atoms with van der Waals surface area (Å²) in [5.74, 6) is 0.800. The maximum absolute atomic E-state index is 4.43. The van der Waals surface area contributed by atoms with Crippen molar-refractivity contribution in [1.29, 1.82) is 0 Å². The quantitative estimate of drug-likeness (QED) is 0.883. The van der Waals surface area contributed by atoms with Gasteiger partial charge in [0.2, 0.25) is 0 Å². The monoisotopic (exact) mass is 261 g/mol. The Morgan fingerprint density at radius 2 is 2.05 bits per heavy atom. The molecule has 2 rings (SSSR count). The molecule has 2 unspecified atom stereocenters. The molecule has 1 saturated heterocycles. The number of piperidine rings is 1. The summed E-state index contributed by atoms with van der Waals surface area (Å²) in [5.41, 5.74) is 1.14. The van der Waals surface area contributed by atoms with Gasteiger partial charge in [0, 0.05) is 18.3 Å². The maximum atomic E-state index is 4.43. The summed E-state index contributed by atoms with van der Waals surface area (Å²) in [6, 6.07) is 7.03. The molecule has 19 heavy (non-hydrogen) atoms. The fourth-order valence-corrected chi connectivity index (χ4v) is 3.02. The number of aromatic nitrogens is 1. The minimum absolute atomic E-state index is 0.334. The minimum atomic E-state index is 0.334. The lowest BCUT2D eigenvalue weighted by Crippen LogP contribution is -2.42. The number of hydrogen-bond acceptors (Lipinski definition) is 3. The maximum Gasteiger partial charge on any atom is 0.0570 e. The molecule has 2 atom stereocenters. The third kappa shape index (κ3) is 4.02. The van der Waals surface area contributed by atoms with Gasteiger partial charge in [-0.15, -0.1) is 0 Å². The predicted molar refractivity (Wildman–Crippen MR) is 80.1 cm³/mol. The van der Waals surface area contributed by atoms with Crippen molar-refractivity contribution >= 4 is 0 Å². The van der Waals surface area contributed by atoms with Crippen LogP contribution in [-0.4, -0.2) is 35.6 Å². The Labute approximate surface area is 117 Å². The first kappa shape index (κ1) is 14.5. The molecule has 0 aliphatic carbocycles. The van der Waals surface area contributed by atoms with Crippen LogP contribution in [0.4, 0.5) is 0 Å². The Hall–Kier alpha value is -0.930. The van der Waals surface area contributed by atoms with Crippen molar-refractivity contribution in [2.24, 2.45) is 5.92 Å². The molecular weight excluding hydrogens is 234 g/mol. The van der Waals surface area contributed by atoms with E-state index in [1.807, 2.05) is 12.3 Å². The molecule has 1 fully saturated rings. The van der Waals surface area contributed by atoms with Crippen LogP contribution in [0.5, 0.6) is 0 Å². The summed E-state index contributed by atoms with van der Waals surface area (Å²) in [6.07, 6.45) is 4.51. The number of hydrogen-bond donors (Lipinski definition) is 1. The minimum Gasteiger partial charge on any atom is -0.306 e. The number of likely N-dealkylation sites (tertiary alicyclic amines) is 1. The Bertz CT molecular complexity index is 358.